The minimum atomic E-state index is -3.52. The first-order valence-corrected chi connectivity index (χ1v) is 6.14. The van der Waals surface area contributed by atoms with E-state index in [1.165, 1.54) is 0 Å². The zero-order valence-corrected chi connectivity index (χ0v) is 9.60. The molecule has 0 aliphatic heterocycles. The maximum absolute atomic E-state index is 12.7. The fourth-order valence-corrected chi connectivity index (χ4v) is 1.41. The Morgan fingerprint density at radius 1 is 1.64 bits per heavy atom. The van der Waals surface area contributed by atoms with Crippen LogP contribution in [0.4, 0.5) is 4.39 Å². The van der Waals surface area contributed by atoms with Crippen molar-refractivity contribution in [2.24, 2.45) is 0 Å². The molecule has 0 amide bonds. The van der Waals surface area contributed by atoms with Gasteiger partial charge in [-0.15, -0.1) is 0 Å². The summed E-state index contributed by atoms with van der Waals surface area (Å²) in [5, 5.41) is 0. The largest absolute Gasteiger partial charge is 0.265 e. The fraction of sp³-hybridized carbons (Fsp3) is 0.286. The quantitative estimate of drug-likeness (QED) is 0.623. The van der Waals surface area contributed by atoms with Crippen LogP contribution in [0.2, 0.25) is 0 Å². The van der Waals surface area contributed by atoms with Crippen LogP contribution in [0.1, 0.15) is 5.56 Å². The summed E-state index contributed by atoms with van der Waals surface area (Å²) in [6.07, 6.45) is 1.95. The molecular formula is C7H7BrFNO3S. The van der Waals surface area contributed by atoms with Gasteiger partial charge in [0.1, 0.15) is 10.4 Å². The zero-order valence-electron chi connectivity index (χ0n) is 7.20. The summed E-state index contributed by atoms with van der Waals surface area (Å²) in [6, 6.07) is 1.16. The molecule has 4 nitrogen and oxygen atoms in total. The second kappa shape index (κ2) is 4.33. The number of aromatic nitrogens is 1. The maximum atomic E-state index is 12.7. The number of rotatable bonds is 3. The van der Waals surface area contributed by atoms with Crippen molar-refractivity contribution >= 4 is 26.0 Å². The van der Waals surface area contributed by atoms with Gasteiger partial charge in [-0.3, -0.25) is 4.18 Å². The highest BCUT2D eigenvalue weighted by molar-refractivity contribution is 9.10. The van der Waals surface area contributed by atoms with Crippen LogP contribution in [0.15, 0.2) is 16.9 Å². The standard InChI is InChI=1S/C7H7BrFNO3S/c1-14(11,12)13-4-5-2-6(9)3-10-7(5)8/h2-3H,4H2,1H3. The average molecular weight is 284 g/mol. The van der Waals surface area contributed by atoms with E-state index >= 15 is 0 Å². The summed E-state index contributed by atoms with van der Waals surface area (Å²) in [5.41, 5.74) is 0.343. The molecule has 0 bridgehead atoms. The molecule has 0 saturated heterocycles. The van der Waals surface area contributed by atoms with Gasteiger partial charge >= 0.3 is 0 Å². The first kappa shape index (κ1) is 11.5. The normalized spacial score (nSPS) is 11.6. The molecule has 0 saturated carbocycles. The van der Waals surface area contributed by atoms with E-state index in [1.807, 2.05) is 0 Å². The first-order chi connectivity index (χ1) is 6.38. The van der Waals surface area contributed by atoms with E-state index in [2.05, 4.69) is 25.1 Å². The lowest BCUT2D eigenvalue weighted by atomic mass is 10.3. The summed E-state index contributed by atoms with van der Waals surface area (Å²) in [6.45, 7) is -0.232. The lowest BCUT2D eigenvalue weighted by Gasteiger charge is -2.03. The number of hydrogen-bond donors (Lipinski definition) is 0. The van der Waals surface area contributed by atoms with E-state index in [-0.39, 0.29) is 6.61 Å². The average Bonchev–Trinajstić information content (AvgIpc) is 2.05. The Morgan fingerprint density at radius 3 is 2.86 bits per heavy atom. The van der Waals surface area contributed by atoms with Gasteiger partial charge in [0.2, 0.25) is 0 Å². The topological polar surface area (TPSA) is 56.3 Å². The minimum absolute atomic E-state index is 0.232. The number of pyridine rings is 1. The summed E-state index contributed by atoms with van der Waals surface area (Å²) in [7, 11) is -3.52. The highest BCUT2D eigenvalue weighted by atomic mass is 79.9. The van der Waals surface area contributed by atoms with Gasteiger partial charge < -0.3 is 0 Å². The van der Waals surface area contributed by atoms with Crippen molar-refractivity contribution in [1.82, 2.24) is 4.98 Å². The third-order valence-electron chi connectivity index (χ3n) is 1.31. The molecule has 1 aromatic heterocycles. The predicted molar refractivity (Wildman–Crippen MR) is 51.5 cm³/mol. The van der Waals surface area contributed by atoms with Crippen molar-refractivity contribution in [3.05, 3.63) is 28.2 Å². The number of hydrogen-bond acceptors (Lipinski definition) is 4. The molecule has 1 aromatic rings. The molecule has 14 heavy (non-hydrogen) atoms. The van der Waals surface area contributed by atoms with Crippen LogP contribution in [-0.4, -0.2) is 19.7 Å². The second-order valence-electron chi connectivity index (χ2n) is 2.57. The van der Waals surface area contributed by atoms with Crippen molar-refractivity contribution in [2.75, 3.05) is 6.26 Å². The molecule has 1 rings (SSSR count). The van der Waals surface area contributed by atoms with Crippen molar-refractivity contribution < 1.29 is 17.0 Å². The Labute approximate surface area is 89.4 Å². The lowest BCUT2D eigenvalue weighted by Crippen LogP contribution is -2.03. The lowest BCUT2D eigenvalue weighted by molar-refractivity contribution is 0.309. The fourth-order valence-electron chi connectivity index (χ4n) is 0.736. The molecule has 0 N–H and O–H groups in total. The van der Waals surface area contributed by atoms with Crippen LogP contribution in [0.5, 0.6) is 0 Å². The van der Waals surface area contributed by atoms with E-state index in [0.717, 1.165) is 18.5 Å². The highest BCUT2D eigenvalue weighted by Gasteiger charge is 2.07. The van der Waals surface area contributed by atoms with E-state index < -0.39 is 15.9 Å². The summed E-state index contributed by atoms with van der Waals surface area (Å²) in [4.78, 5) is 3.65. The molecule has 0 unspecified atom stereocenters. The van der Waals surface area contributed by atoms with Crippen LogP contribution >= 0.6 is 15.9 Å². The Hall–Kier alpha value is -0.530. The third-order valence-corrected chi connectivity index (χ3v) is 2.57. The number of nitrogens with zero attached hydrogens (tertiary/aromatic N) is 1. The minimum Gasteiger partial charge on any atom is -0.265 e. The molecule has 0 aliphatic rings. The predicted octanol–water partition coefficient (Wildman–Crippen LogP) is 1.46. The van der Waals surface area contributed by atoms with E-state index in [1.54, 1.807) is 0 Å². The number of halogens is 2. The van der Waals surface area contributed by atoms with Gasteiger partial charge in [-0.2, -0.15) is 8.42 Å². The maximum Gasteiger partial charge on any atom is 0.264 e. The second-order valence-corrected chi connectivity index (χ2v) is 4.96. The Morgan fingerprint density at radius 2 is 2.29 bits per heavy atom. The molecule has 0 radical (unpaired) electrons. The highest BCUT2D eigenvalue weighted by Crippen LogP contribution is 2.16. The third kappa shape index (κ3) is 3.69. The van der Waals surface area contributed by atoms with Crippen LogP contribution < -0.4 is 0 Å². The molecule has 0 aromatic carbocycles. The van der Waals surface area contributed by atoms with E-state index in [9.17, 15) is 12.8 Å². The van der Waals surface area contributed by atoms with Crippen LogP contribution in [0.3, 0.4) is 0 Å². The van der Waals surface area contributed by atoms with Gasteiger partial charge in [-0.25, -0.2) is 9.37 Å². The van der Waals surface area contributed by atoms with Gasteiger partial charge in [0.15, 0.2) is 0 Å². The van der Waals surface area contributed by atoms with E-state index in [4.69, 9.17) is 0 Å². The van der Waals surface area contributed by atoms with Crippen LogP contribution in [-0.2, 0) is 20.9 Å². The zero-order chi connectivity index (χ0) is 10.8. The molecule has 0 aliphatic carbocycles. The van der Waals surface area contributed by atoms with Gasteiger partial charge in [0, 0.05) is 5.56 Å². The van der Waals surface area contributed by atoms with Crippen molar-refractivity contribution in [3.63, 3.8) is 0 Å². The first-order valence-electron chi connectivity index (χ1n) is 3.53. The van der Waals surface area contributed by atoms with Crippen molar-refractivity contribution in [2.45, 2.75) is 6.61 Å². The Bertz CT molecular complexity index is 435. The summed E-state index contributed by atoms with van der Waals surface area (Å²) < 4.78 is 38.8. The molecular weight excluding hydrogens is 277 g/mol. The molecule has 1 heterocycles. The summed E-state index contributed by atoms with van der Waals surface area (Å²) in [5.74, 6) is -0.541. The van der Waals surface area contributed by atoms with Gasteiger partial charge in [0.25, 0.3) is 10.1 Å². The Kier molecular flexibility index (Phi) is 3.57. The Balaban J connectivity index is 2.81. The smallest absolute Gasteiger partial charge is 0.264 e. The molecule has 0 fully saturated rings. The van der Waals surface area contributed by atoms with Gasteiger partial charge in [-0.1, -0.05) is 0 Å². The van der Waals surface area contributed by atoms with E-state index in [0.29, 0.717) is 10.2 Å². The monoisotopic (exact) mass is 283 g/mol. The van der Waals surface area contributed by atoms with Crippen molar-refractivity contribution in [1.29, 1.82) is 0 Å². The molecule has 0 spiro atoms. The molecule has 0 atom stereocenters. The SMILES string of the molecule is CS(=O)(=O)OCc1cc(F)cnc1Br. The molecule has 7 heteroatoms. The summed E-state index contributed by atoms with van der Waals surface area (Å²) >= 11 is 3.05. The van der Waals surface area contributed by atoms with Crippen LogP contribution in [0.25, 0.3) is 0 Å². The van der Waals surface area contributed by atoms with Crippen LogP contribution in [0, 0.1) is 5.82 Å². The molecule has 78 valence electrons. The van der Waals surface area contributed by atoms with Gasteiger partial charge in [-0.05, 0) is 22.0 Å². The van der Waals surface area contributed by atoms with Crippen molar-refractivity contribution in [3.8, 4) is 0 Å². The van der Waals surface area contributed by atoms with Gasteiger partial charge in [0.05, 0.1) is 19.1 Å².